The van der Waals surface area contributed by atoms with Crippen molar-refractivity contribution >= 4 is 23.2 Å². The van der Waals surface area contributed by atoms with Crippen molar-refractivity contribution < 1.29 is 9.59 Å². The Balaban J connectivity index is 1.48. The fraction of sp³-hybridized carbons (Fsp3) is 0.481. The van der Waals surface area contributed by atoms with Crippen LogP contribution in [0.2, 0.25) is 0 Å². The molecule has 0 radical (unpaired) electrons. The highest BCUT2D eigenvalue weighted by molar-refractivity contribution is 5.98. The molecular weight excluding hydrogens is 398 g/mol. The van der Waals surface area contributed by atoms with Crippen LogP contribution in [0.15, 0.2) is 42.5 Å². The number of hydrogen-bond donors (Lipinski definition) is 1. The number of likely N-dealkylation sites (tertiary alicyclic amines) is 1. The molecule has 2 aliphatic heterocycles. The topological polar surface area (TPSA) is 52.7 Å². The highest BCUT2D eigenvalue weighted by Crippen LogP contribution is 2.30. The zero-order valence-electron chi connectivity index (χ0n) is 19.7. The van der Waals surface area contributed by atoms with E-state index in [1.165, 1.54) is 12.8 Å². The maximum absolute atomic E-state index is 13.4. The van der Waals surface area contributed by atoms with E-state index in [4.69, 9.17) is 0 Å². The van der Waals surface area contributed by atoms with E-state index in [1.807, 2.05) is 56.0 Å². The molecule has 0 aromatic heterocycles. The number of rotatable bonds is 4. The number of amides is 2. The van der Waals surface area contributed by atoms with Gasteiger partial charge in [0, 0.05) is 42.1 Å². The monoisotopic (exact) mass is 433 g/mol. The lowest BCUT2D eigenvalue weighted by Crippen LogP contribution is -2.50. The minimum Gasteiger partial charge on any atom is -0.369 e. The van der Waals surface area contributed by atoms with Gasteiger partial charge in [0.1, 0.15) is 0 Å². The van der Waals surface area contributed by atoms with Crippen LogP contribution >= 0.6 is 0 Å². The lowest BCUT2D eigenvalue weighted by Gasteiger charge is -2.39. The van der Waals surface area contributed by atoms with Crippen molar-refractivity contribution in [2.45, 2.75) is 65.5 Å². The SMILES string of the molecule is Cc1cccc(C)c1C(=O)N1CCCC(C(=O)Nc2cccc(N3CCCC3C)c2)[C@@H]1C. The summed E-state index contributed by atoms with van der Waals surface area (Å²) in [5.41, 5.74) is 4.74. The summed E-state index contributed by atoms with van der Waals surface area (Å²) in [5, 5.41) is 3.14. The number of benzene rings is 2. The summed E-state index contributed by atoms with van der Waals surface area (Å²) < 4.78 is 0. The summed E-state index contributed by atoms with van der Waals surface area (Å²) in [7, 11) is 0. The molecule has 2 aliphatic rings. The van der Waals surface area contributed by atoms with E-state index in [0.29, 0.717) is 12.6 Å². The van der Waals surface area contributed by atoms with Gasteiger partial charge in [-0.1, -0.05) is 24.3 Å². The Kier molecular flexibility index (Phi) is 6.54. The van der Waals surface area contributed by atoms with E-state index in [0.717, 1.165) is 47.5 Å². The van der Waals surface area contributed by atoms with E-state index in [2.05, 4.69) is 29.3 Å². The first-order chi connectivity index (χ1) is 15.4. The normalized spacial score (nSPS) is 23.3. The lowest BCUT2D eigenvalue weighted by atomic mass is 9.88. The zero-order valence-corrected chi connectivity index (χ0v) is 19.7. The summed E-state index contributed by atoms with van der Waals surface area (Å²) in [6, 6.07) is 14.5. The van der Waals surface area contributed by atoms with Gasteiger partial charge in [-0.3, -0.25) is 9.59 Å². The van der Waals surface area contributed by atoms with Crippen LogP contribution in [0, 0.1) is 19.8 Å². The molecule has 0 aliphatic carbocycles. The molecule has 5 heteroatoms. The van der Waals surface area contributed by atoms with E-state index in [-0.39, 0.29) is 23.8 Å². The van der Waals surface area contributed by atoms with E-state index in [1.54, 1.807) is 0 Å². The average molecular weight is 434 g/mol. The fourth-order valence-electron chi connectivity index (χ4n) is 5.39. The molecule has 32 heavy (non-hydrogen) atoms. The van der Waals surface area contributed by atoms with Crippen molar-refractivity contribution in [3.63, 3.8) is 0 Å². The molecule has 0 spiro atoms. The van der Waals surface area contributed by atoms with Crippen LogP contribution in [-0.4, -0.2) is 41.9 Å². The third kappa shape index (κ3) is 4.38. The lowest BCUT2D eigenvalue weighted by molar-refractivity contribution is -0.122. The molecule has 1 N–H and O–H groups in total. The Bertz CT molecular complexity index is 982. The summed E-state index contributed by atoms with van der Waals surface area (Å²) in [6.45, 7) is 9.98. The van der Waals surface area contributed by atoms with E-state index >= 15 is 0 Å². The molecule has 0 saturated carbocycles. The van der Waals surface area contributed by atoms with Crippen LogP contribution in [-0.2, 0) is 4.79 Å². The van der Waals surface area contributed by atoms with Gasteiger partial charge in [-0.15, -0.1) is 0 Å². The molecule has 2 unspecified atom stereocenters. The minimum atomic E-state index is -0.216. The highest BCUT2D eigenvalue weighted by atomic mass is 16.2. The van der Waals surface area contributed by atoms with E-state index in [9.17, 15) is 9.59 Å². The van der Waals surface area contributed by atoms with Crippen molar-refractivity contribution in [2.75, 3.05) is 23.3 Å². The van der Waals surface area contributed by atoms with Crippen molar-refractivity contribution in [3.8, 4) is 0 Å². The number of carbonyl (C=O) groups excluding carboxylic acids is 2. The molecule has 4 rings (SSSR count). The van der Waals surface area contributed by atoms with Gasteiger partial charge in [-0.2, -0.15) is 0 Å². The smallest absolute Gasteiger partial charge is 0.254 e. The third-order valence-electron chi connectivity index (χ3n) is 7.28. The van der Waals surface area contributed by atoms with Crippen LogP contribution in [0.5, 0.6) is 0 Å². The summed E-state index contributed by atoms with van der Waals surface area (Å²) in [6.07, 6.45) is 4.05. The Labute approximate surface area is 191 Å². The molecule has 5 nitrogen and oxygen atoms in total. The van der Waals surface area contributed by atoms with Gasteiger partial charge < -0.3 is 15.1 Å². The molecule has 2 aromatic carbocycles. The standard InChI is InChI=1S/C27H35N3O2/c1-18-9-5-10-19(2)25(18)27(32)30-16-8-14-24(21(30)4)26(31)28-22-12-6-13-23(17-22)29-15-7-11-20(29)3/h5-6,9-10,12-13,17,20-21,24H,7-8,11,14-16H2,1-4H3,(H,28,31)/t20?,21-,24?/m0/s1. The predicted molar refractivity (Wildman–Crippen MR) is 130 cm³/mol. The Morgan fingerprint density at radius 3 is 2.31 bits per heavy atom. The van der Waals surface area contributed by atoms with Crippen LogP contribution < -0.4 is 10.2 Å². The summed E-state index contributed by atoms with van der Waals surface area (Å²) in [4.78, 5) is 30.9. The minimum absolute atomic E-state index is 0.00289. The zero-order chi connectivity index (χ0) is 22.8. The number of nitrogens with zero attached hydrogens (tertiary/aromatic N) is 2. The quantitative estimate of drug-likeness (QED) is 0.724. The van der Waals surface area contributed by atoms with Gasteiger partial charge in [0.25, 0.3) is 5.91 Å². The number of carbonyl (C=O) groups is 2. The van der Waals surface area contributed by atoms with Gasteiger partial charge in [-0.05, 0) is 82.7 Å². The number of aryl methyl sites for hydroxylation is 2. The molecule has 2 amide bonds. The maximum Gasteiger partial charge on any atom is 0.254 e. The first-order valence-electron chi connectivity index (χ1n) is 11.9. The van der Waals surface area contributed by atoms with Gasteiger partial charge in [-0.25, -0.2) is 0 Å². The average Bonchev–Trinajstić information content (AvgIpc) is 3.19. The molecule has 3 atom stereocenters. The second-order valence-corrected chi connectivity index (χ2v) is 9.48. The fourth-order valence-corrected chi connectivity index (χ4v) is 5.39. The molecule has 2 fully saturated rings. The number of nitrogens with one attached hydrogen (secondary N) is 1. The van der Waals surface area contributed by atoms with Gasteiger partial charge >= 0.3 is 0 Å². The van der Waals surface area contributed by atoms with Crippen LogP contribution in [0.25, 0.3) is 0 Å². The Morgan fingerprint density at radius 2 is 1.62 bits per heavy atom. The second-order valence-electron chi connectivity index (χ2n) is 9.48. The molecule has 2 saturated heterocycles. The number of hydrogen-bond acceptors (Lipinski definition) is 3. The van der Waals surface area contributed by atoms with Crippen molar-refractivity contribution in [2.24, 2.45) is 5.92 Å². The molecule has 0 bridgehead atoms. The molecule has 2 aromatic rings. The summed E-state index contributed by atoms with van der Waals surface area (Å²) >= 11 is 0. The second kappa shape index (κ2) is 9.35. The van der Waals surface area contributed by atoms with Gasteiger partial charge in [0.05, 0.1) is 5.92 Å². The van der Waals surface area contributed by atoms with Gasteiger partial charge in [0.2, 0.25) is 5.91 Å². The Hall–Kier alpha value is -2.82. The van der Waals surface area contributed by atoms with Crippen molar-refractivity contribution in [1.82, 2.24) is 4.90 Å². The van der Waals surface area contributed by atoms with Crippen molar-refractivity contribution in [3.05, 3.63) is 59.2 Å². The molecular formula is C27H35N3O2. The highest BCUT2D eigenvalue weighted by Gasteiger charge is 2.36. The first-order valence-corrected chi connectivity index (χ1v) is 11.9. The first kappa shape index (κ1) is 22.4. The maximum atomic E-state index is 13.4. The van der Waals surface area contributed by atoms with Gasteiger partial charge in [0.15, 0.2) is 0 Å². The number of piperidine rings is 1. The van der Waals surface area contributed by atoms with Crippen LogP contribution in [0.4, 0.5) is 11.4 Å². The predicted octanol–water partition coefficient (Wildman–Crippen LogP) is 5.17. The van der Waals surface area contributed by atoms with E-state index < -0.39 is 0 Å². The van der Waals surface area contributed by atoms with Crippen LogP contribution in [0.3, 0.4) is 0 Å². The van der Waals surface area contributed by atoms with Crippen molar-refractivity contribution in [1.29, 1.82) is 0 Å². The number of anilines is 2. The summed E-state index contributed by atoms with van der Waals surface area (Å²) in [5.74, 6) is -0.176. The third-order valence-corrected chi connectivity index (χ3v) is 7.28. The molecule has 2 heterocycles. The Morgan fingerprint density at radius 1 is 0.938 bits per heavy atom. The molecule has 170 valence electrons. The largest absolute Gasteiger partial charge is 0.369 e. The van der Waals surface area contributed by atoms with Crippen LogP contribution in [0.1, 0.15) is 61.0 Å².